The van der Waals surface area contributed by atoms with Crippen LogP contribution in [0.4, 0.5) is 11.4 Å². The Bertz CT molecular complexity index is 938. The summed E-state index contributed by atoms with van der Waals surface area (Å²) < 4.78 is 0. The van der Waals surface area contributed by atoms with E-state index in [4.69, 9.17) is 46.1 Å². The van der Waals surface area contributed by atoms with Crippen LogP contribution in [0.25, 0.3) is 0 Å². The van der Waals surface area contributed by atoms with Gasteiger partial charge in [-0.15, -0.1) is 0 Å². The summed E-state index contributed by atoms with van der Waals surface area (Å²) >= 11 is 11.7. The molecule has 0 bridgehead atoms. The number of aliphatic imine (C=N–C) groups is 4. The van der Waals surface area contributed by atoms with Crippen LogP contribution in [0.1, 0.15) is 25.7 Å². The topological polar surface area (TPSA) is 178 Å². The van der Waals surface area contributed by atoms with Crippen molar-refractivity contribution in [3.63, 3.8) is 0 Å². The summed E-state index contributed by atoms with van der Waals surface area (Å²) in [4.78, 5) is 16.5. The molecule has 0 fully saturated rings. The average molecular weight is 613 g/mol. The van der Waals surface area contributed by atoms with E-state index in [9.17, 15) is 0 Å². The predicted octanol–water partition coefficient (Wildman–Crippen LogP) is 3.33. The summed E-state index contributed by atoms with van der Waals surface area (Å²) in [7, 11) is 0. The normalized spacial score (nSPS) is 12.7. The second-order valence-corrected chi connectivity index (χ2v) is 8.02. The van der Waals surface area contributed by atoms with Gasteiger partial charge in [0, 0.05) is 56.9 Å². The maximum absolute atomic E-state index is 5.85. The maximum atomic E-state index is 5.85. The Balaban J connectivity index is 0.00000612. The first kappa shape index (κ1) is 30.3. The number of nitrogens with two attached hydrogens (primary N) is 4. The van der Waals surface area contributed by atoms with Crippen LogP contribution in [-0.2, 0) is 22.4 Å². The quantitative estimate of drug-likeness (QED) is 0.109. The van der Waals surface area contributed by atoms with Crippen LogP contribution < -0.4 is 33.6 Å². The minimum Gasteiger partial charge on any atom is -0.369 e. The summed E-state index contributed by atoms with van der Waals surface area (Å²) in [5, 5.41) is 7.11. The summed E-state index contributed by atoms with van der Waals surface area (Å²) in [6, 6.07) is 14.1. The molecule has 0 unspecified atom stereocenters. The molecule has 0 spiro atoms. The minimum absolute atomic E-state index is 0. The zero-order chi connectivity index (χ0) is 24.8. The van der Waals surface area contributed by atoms with E-state index in [1.807, 2.05) is 0 Å². The van der Waals surface area contributed by atoms with Gasteiger partial charge in [0.25, 0.3) is 0 Å². The smallest absolute Gasteiger partial charge is 0.218 e. The van der Waals surface area contributed by atoms with Gasteiger partial charge in [-0.25, -0.2) is 0 Å². The number of nitrogens with one attached hydrogen (secondary N) is 2. The number of nitrogens with zero attached hydrogens (tertiary/aromatic N) is 4. The fourth-order valence-corrected chi connectivity index (χ4v) is 2.95. The molecule has 2 rings (SSSR count). The molecular formula is C22H30AgCl2N10. The van der Waals surface area contributed by atoms with Crippen molar-refractivity contribution in [2.75, 3.05) is 23.7 Å². The first-order valence-electron chi connectivity index (χ1n) is 10.6. The summed E-state index contributed by atoms with van der Waals surface area (Å²) in [6.07, 6.45) is 3.68. The van der Waals surface area contributed by atoms with Crippen LogP contribution in [0, 0.1) is 0 Å². The van der Waals surface area contributed by atoms with E-state index in [0.717, 1.165) is 37.1 Å². The van der Waals surface area contributed by atoms with Gasteiger partial charge in [-0.05, 0) is 61.4 Å². The van der Waals surface area contributed by atoms with Crippen LogP contribution in [0.5, 0.6) is 0 Å². The molecule has 0 atom stereocenters. The van der Waals surface area contributed by atoms with Gasteiger partial charge in [-0.1, -0.05) is 36.0 Å². The summed E-state index contributed by atoms with van der Waals surface area (Å²) in [5.74, 6) is 0.564. The van der Waals surface area contributed by atoms with Crippen molar-refractivity contribution in [2.24, 2.45) is 42.9 Å². The van der Waals surface area contributed by atoms with E-state index in [0.29, 0.717) is 23.1 Å². The molecule has 0 saturated carbocycles. The van der Waals surface area contributed by atoms with Gasteiger partial charge in [0.05, 0.1) is 0 Å². The van der Waals surface area contributed by atoms with Gasteiger partial charge >= 0.3 is 0 Å². The molecule has 2 aromatic rings. The molecule has 0 amide bonds. The van der Waals surface area contributed by atoms with Crippen LogP contribution in [0.3, 0.4) is 0 Å². The molecule has 0 aromatic heterocycles. The molecule has 0 aliphatic carbocycles. The Morgan fingerprint density at radius 2 is 0.943 bits per heavy atom. The van der Waals surface area contributed by atoms with Crippen molar-refractivity contribution in [1.29, 1.82) is 0 Å². The Labute approximate surface area is 230 Å². The molecule has 13 heteroatoms. The van der Waals surface area contributed by atoms with E-state index in [2.05, 4.69) is 30.6 Å². The van der Waals surface area contributed by atoms with E-state index in [-0.39, 0.29) is 46.2 Å². The van der Waals surface area contributed by atoms with Crippen molar-refractivity contribution in [3.8, 4) is 0 Å². The third-order valence-corrected chi connectivity index (χ3v) is 4.82. The number of benzene rings is 2. The molecule has 1 radical (unpaired) electrons. The van der Waals surface area contributed by atoms with Crippen molar-refractivity contribution in [3.05, 3.63) is 58.6 Å². The SMILES string of the molecule is NC(=NCCCCCCN=C(N)/N=C(\N)Nc1ccc(Cl)cc1)/N=C(\N)Nc1ccc(Cl)cc1.[Ag]. The number of anilines is 2. The molecule has 10 N–H and O–H groups in total. The van der Waals surface area contributed by atoms with E-state index in [1.54, 1.807) is 48.5 Å². The van der Waals surface area contributed by atoms with Gasteiger partial charge in [0.2, 0.25) is 23.8 Å². The summed E-state index contributed by atoms with van der Waals surface area (Å²) in [5.41, 5.74) is 24.8. The average Bonchev–Trinajstić information content (AvgIpc) is 2.78. The number of hydrogen-bond acceptors (Lipinski definition) is 2. The minimum atomic E-state index is 0. The number of unbranched alkanes of at least 4 members (excludes halogenated alkanes) is 3. The fraction of sp³-hybridized carbons (Fsp3) is 0.273. The Kier molecular flexibility index (Phi) is 14.5. The van der Waals surface area contributed by atoms with Crippen molar-refractivity contribution in [1.82, 2.24) is 0 Å². The van der Waals surface area contributed by atoms with Crippen LogP contribution in [0.2, 0.25) is 10.0 Å². The second kappa shape index (κ2) is 16.8. The van der Waals surface area contributed by atoms with Crippen LogP contribution in [0.15, 0.2) is 68.5 Å². The largest absolute Gasteiger partial charge is 0.369 e. The van der Waals surface area contributed by atoms with Gasteiger partial charge in [-0.2, -0.15) is 9.98 Å². The molecule has 193 valence electrons. The zero-order valence-corrected chi connectivity index (χ0v) is 22.0. The van der Waals surface area contributed by atoms with Crippen molar-refractivity contribution in [2.45, 2.75) is 25.7 Å². The van der Waals surface area contributed by atoms with Crippen LogP contribution in [-0.4, -0.2) is 36.9 Å². The fourth-order valence-electron chi connectivity index (χ4n) is 2.70. The Morgan fingerprint density at radius 1 is 0.600 bits per heavy atom. The molecule has 0 saturated heterocycles. The molecule has 0 aliphatic heterocycles. The predicted molar refractivity (Wildman–Crippen MR) is 145 cm³/mol. The summed E-state index contributed by atoms with van der Waals surface area (Å²) in [6.45, 7) is 1.12. The third-order valence-electron chi connectivity index (χ3n) is 4.32. The van der Waals surface area contributed by atoms with E-state index < -0.39 is 0 Å². The van der Waals surface area contributed by atoms with Gasteiger partial charge in [0.15, 0.2) is 0 Å². The maximum Gasteiger partial charge on any atom is 0.218 e. The van der Waals surface area contributed by atoms with Crippen LogP contribution >= 0.6 is 23.2 Å². The Hall–Kier alpha value is -2.76. The zero-order valence-electron chi connectivity index (χ0n) is 19.0. The van der Waals surface area contributed by atoms with E-state index in [1.165, 1.54) is 0 Å². The molecule has 2 aromatic carbocycles. The standard InChI is InChI=1S/C22H30Cl2N10.Ag/c23-15-5-9-17(10-6-15)31-21(27)33-19(25)29-13-3-1-2-4-14-30-20(26)34-22(28)32-18-11-7-16(24)8-12-18;/h5-12H,1-4,13-14H2,(H5,25,27,29,31,33)(H5,26,28,30,32,34);. The van der Waals surface area contributed by atoms with Crippen molar-refractivity contribution < 1.29 is 22.4 Å². The van der Waals surface area contributed by atoms with Gasteiger partial charge < -0.3 is 33.6 Å². The number of halogens is 2. The number of rotatable bonds is 9. The van der Waals surface area contributed by atoms with Crippen molar-refractivity contribution >= 4 is 58.4 Å². The number of hydrogen-bond donors (Lipinski definition) is 6. The van der Waals surface area contributed by atoms with Gasteiger partial charge in [-0.3, -0.25) is 9.98 Å². The second-order valence-electron chi connectivity index (χ2n) is 7.15. The third kappa shape index (κ3) is 13.6. The molecule has 10 nitrogen and oxygen atoms in total. The number of guanidine groups is 4. The molecule has 0 aliphatic rings. The Morgan fingerprint density at radius 3 is 1.29 bits per heavy atom. The molecular weight excluding hydrogens is 583 g/mol. The first-order valence-corrected chi connectivity index (χ1v) is 11.4. The first-order chi connectivity index (χ1) is 16.3. The molecule has 0 heterocycles. The van der Waals surface area contributed by atoms with E-state index >= 15 is 0 Å². The monoisotopic (exact) mass is 611 g/mol. The van der Waals surface area contributed by atoms with Gasteiger partial charge in [0.1, 0.15) is 0 Å². The molecule has 35 heavy (non-hydrogen) atoms.